The highest BCUT2D eigenvalue weighted by Crippen LogP contribution is 2.13. The van der Waals surface area contributed by atoms with Crippen molar-refractivity contribution in [1.29, 1.82) is 0 Å². The van der Waals surface area contributed by atoms with Gasteiger partial charge in [0.1, 0.15) is 12.4 Å². The van der Waals surface area contributed by atoms with Gasteiger partial charge in [-0.1, -0.05) is 30.3 Å². The highest BCUT2D eigenvalue weighted by atomic mass is 16.5. The second-order valence-corrected chi connectivity index (χ2v) is 5.60. The lowest BCUT2D eigenvalue weighted by Gasteiger charge is -2.06. The smallest absolute Gasteiger partial charge is 0.264 e. The number of nitrogens with one attached hydrogen (secondary N) is 3. The number of carbonyl (C=O) groups is 1. The van der Waals surface area contributed by atoms with Crippen LogP contribution < -0.4 is 15.7 Å². The van der Waals surface area contributed by atoms with Crippen LogP contribution >= 0.6 is 0 Å². The van der Waals surface area contributed by atoms with Crippen LogP contribution in [0.3, 0.4) is 0 Å². The summed E-state index contributed by atoms with van der Waals surface area (Å²) in [6, 6.07) is 18.6. The maximum Gasteiger partial charge on any atom is 0.264 e. The minimum absolute atomic E-state index is 0.0440. The van der Waals surface area contributed by atoms with E-state index < -0.39 is 0 Å². The largest absolute Gasteiger partial charge is 0.489 e. The van der Waals surface area contributed by atoms with Gasteiger partial charge in [0.05, 0.1) is 12.6 Å². The Morgan fingerprint density at radius 2 is 1.85 bits per heavy atom. The molecule has 3 N–H and O–H groups in total. The van der Waals surface area contributed by atoms with Crippen molar-refractivity contribution in [2.45, 2.75) is 13.0 Å². The van der Waals surface area contributed by atoms with Crippen LogP contribution in [0.2, 0.25) is 0 Å². The van der Waals surface area contributed by atoms with E-state index in [4.69, 9.17) is 4.74 Å². The average Bonchev–Trinajstić information content (AvgIpc) is 3.06. The number of carbonyl (C=O) groups excluding carboxylic acids is 1. The Morgan fingerprint density at radius 3 is 2.54 bits per heavy atom. The predicted molar refractivity (Wildman–Crippen MR) is 98.1 cm³/mol. The molecule has 3 aromatic rings. The quantitative estimate of drug-likeness (QED) is 0.449. The van der Waals surface area contributed by atoms with Crippen molar-refractivity contribution in [3.8, 4) is 5.75 Å². The van der Waals surface area contributed by atoms with E-state index in [1.165, 1.54) is 6.07 Å². The van der Waals surface area contributed by atoms with Crippen LogP contribution in [0.25, 0.3) is 0 Å². The molecule has 7 nitrogen and oxygen atoms in total. The molecule has 0 aliphatic carbocycles. The van der Waals surface area contributed by atoms with Gasteiger partial charge < -0.3 is 9.84 Å². The highest BCUT2D eigenvalue weighted by Gasteiger charge is 2.03. The fourth-order valence-electron chi connectivity index (χ4n) is 2.25. The first-order chi connectivity index (χ1) is 12.7. The van der Waals surface area contributed by atoms with Crippen molar-refractivity contribution in [3.05, 3.63) is 87.8 Å². The number of aromatic nitrogens is 2. The van der Waals surface area contributed by atoms with Gasteiger partial charge in [-0.25, -0.2) is 5.43 Å². The maximum absolute atomic E-state index is 11.7. The number of benzene rings is 2. The number of hydrogen-bond donors (Lipinski definition) is 3. The normalized spacial score (nSPS) is 10.8. The molecule has 0 unspecified atom stereocenters. The number of ether oxygens (including phenoxy) is 1. The van der Waals surface area contributed by atoms with E-state index in [1.54, 1.807) is 6.21 Å². The number of nitrogens with zero attached hydrogens (tertiary/aromatic N) is 1. The fourth-order valence-corrected chi connectivity index (χ4v) is 2.25. The Labute approximate surface area is 149 Å². The summed E-state index contributed by atoms with van der Waals surface area (Å²) < 4.78 is 5.71. The maximum atomic E-state index is 11.7. The SMILES string of the molecule is O=C(Cc1cc(=O)[nH][nH]1)NN=Cc1ccc(OCc2ccccc2)cc1. The van der Waals surface area contributed by atoms with Gasteiger partial charge >= 0.3 is 0 Å². The molecule has 0 fully saturated rings. The lowest BCUT2D eigenvalue weighted by molar-refractivity contribution is -0.120. The molecule has 2 aromatic carbocycles. The van der Waals surface area contributed by atoms with Crippen molar-refractivity contribution >= 4 is 12.1 Å². The third-order valence-electron chi connectivity index (χ3n) is 3.53. The third kappa shape index (κ3) is 5.20. The average molecular weight is 350 g/mol. The minimum Gasteiger partial charge on any atom is -0.489 e. The Morgan fingerprint density at radius 1 is 1.08 bits per heavy atom. The van der Waals surface area contributed by atoms with Gasteiger partial charge in [0.25, 0.3) is 5.56 Å². The number of amides is 1. The Balaban J connectivity index is 1.46. The molecule has 1 amide bonds. The van der Waals surface area contributed by atoms with E-state index >= 15 is 0 Å². The summed E-state index contributed by atoms with van der Waals surface area (Å²) in [5.74, 6) is 0.436. The molecule has 26 heavy (non-hydrogen) atoms. The molecule has 7 heteroatoms. The second kappa shape index (κ2) is 8.48. The third-order valence-corrected chi connectivity index (χ3v) is 3.53. The van der Waals surface area contributed by atoms with E-state index in [-0.39, 0.29) is 17.9 Å². The number of H-pyrrole nitrogens is 2. The summed E-state index contributed by atoms with van der Waals surface area (Å²) in [5.41, 5.74) is 4.57. The first kappa shape index (κ1) is 17.2. The number of rotatable bonds is 7. The number of hydrogen-bond acceptors (Lipinski definition) is 4. The molecule has 0 spiro atoms. The van der Waals surface area contributed by atoms with Gasteiger partial charge in [0.15, 0.2) is 0 Å². The lowest BCUT2D eigenvalue weighted by atomic mass is 10.2. The predicted octanol–water partition coefficient (Wildman–Crippen LogP) is 1.97. The monoisotopic (exact) mass is 350 g/mol. The van der Waals surface area contributed by atoms with Crippen LogP contribution in [-0.2, 0) is 17.8 Å². The lowest BCUT2D eigenvalue weighted by Crippen LogP contribution is -2.20. The van der Waals surface area contributed by atoms with Crippen LogP contribution in [0.5, 0.6) is 5.75 Å². The van der Waals surface area contributed by atoms with Gasteiger partial charge in [-0.2, -0.15) is 5.10 Å². The molecule has 1 heterocycles. The zero-order valence-electron chi connectivity index (χ0n) is 13.9. The molecule has 132 valence electrons. The van der Waals surface area contributed by atoms with Crippen molar-refractivity contribution in [2.75, 3.05) is 0 Å². The van der Waals surface area contributed by atoms with Gasteiger partial charge in [-0.15, -0.1) is 0 Å². The highest BCUT2D eigenvalue weighted by molar-refractivity contribution is 5.83. The van der Waals surface area contributed by atoms with Crippen LogP contribution in [0.4, 0.5) is 0 Å². The van der Waals surface area contributed by atoms with E-state index in [0.717, 1.165) is 16.9 Å². The molecule has 0 aliphatic rings. The number of hydrazone groups is 1. The fraction of sp³-hybridized carbons (Fsp3) is 0.105. The van der Waals surface area contributed by atoms with Gasteiger partial charge in [-0.05, 0) is 35.4 Å². The van der Waals surface area contributed by atoms with Crippen LogP contribution in [0, 0.1) is 0 Å². The summed E-state index contributed by atoms with van der Waals surface area (Å²) >= 11 is 0. The van der Waals surface area contributed by atoms with E-state index in [0.29, 0.717) is 12.3 Å². The molecule has 0 atom stereocenters. The summed E-state index contributed by atoms with van der Waals surface area (Å²) in [7, 11) is 0. The topological polar surface area (TPSA) is 99.3 Å². The molecule has 0 saturated carbocycles. The first-order valence-corrected chi connectivity index (χ1v) is 8.04. The molecule has 0 bridgehead atoms. The summed E-state index contributed by atoms with van der Waals surface area (Å²) in [5, 5.41) is 8.88. The molecule has 1 aromatic heterocycles. The van der Waals surface area contributed by atoms with Crippen molar-refractivity contribution in [2.24, 2.45) is 5.10 Å². The van der Waals surface area contributed by atoms with E-state index in [9.17, 15) is 9.59 Å². The summed E-state index contributed by atoms with van der Waals surface area (Å²) in [6.45, 7) is 0.506. The van der Waals surface area contributed by atoms with Gasteiger partial charge in [-0.3, -0.25) is 14.7 Å². The number of aromatic amines is 2. The first-order valence-electron chi connectivity index (χ1n) is 8.04. The van der Waals surface area contributed by atoms with Crippen LogP contribution in [0.15, 0.2) is 70.6 Å². The zero-order chi connectivity index (χ0) is 18.2. The van der Waals surface area contributed by atoms with E-state index in [2.05, 4.69) is 20.7 Å². The Bertz CT molecular complexity index is 927. The molecular formula is C19H18N4O3. The minimum atomic E-state index is -0.320. The van der Waals surface area contributed by atoms with Crippen LogP contribution in [-0.4, -0.2) is 22.3 Å². The van der Waals surface area contributed by atoms with Gasteiger partial charge in [0.2, 0.25) is 5.91 Å². The molecule has 3 rings (SSSR count). The standard InChI is InChI=1S/C19H18N4O3/c24-18(10-16-11-19(25)23-21-16)22-20-12-14-6-8-17(9-7-14)26-13-15-4-2-1-3-5-15/h1-9,11-12H,10,13H2,(H,22,24)(H2,21,23,25). The van der Waals surface area contributed by atoms with Gasteiger partial charge in [0, 0.05) is 11.8 Å². The van der Waals surface area contributed by atoms with Crippen molar-refractivity contribution in [3.63, 3.8) is 0 Å². The van der Waals surface area contributed by atoms with Crippen LogP contribution in [0.1, 0.15) is 16.8 Å². The van der Waals surface area contributed by atoms with Crippen molar-refractivity contribution < 1.29 is 9.53 Å². The summed E-state index contributed by atoms with van der Waals surface area (Å²) in [4.78, 5) is 22.7. The zero-order valence-corrected chi connectivity index (χ0v) is 13.9. The Hall–Kier alpha value is -3.61. The summed E-state index contributed by atoms with van der Waals surface area (Å²) in [6.07, 6.45) is 1.58. The molecule has 0 radical (unpaired) electrons. The molecular weight excluding hydrogens is 332 g/mol. The van der Waals surface area contributed by atoms with E-state index in [1.807, 2.05) is 54.6 Å². The molecule has 0 aliphatic heterocycles. The Kier molecular flexibility index (Phi) is 5.61. The second-order valence-electron chi connectivity index (χ2n) is 5.60. The molecule has 0 saturated heterocycles. The van der Waals surface area contributed by atoms with Crippen molar-refractivity contribution in [1.82, 2.24) is 15.6 Å².